The summed E-state index contributed by atoms with van der Waals surface area (Å²) in [6, 6.07) is 0. The average molecular weight is 450 g/mol. The molecule has 0 saturated carbocycles. The molecule has 0 aliphatic carbocycles. The average Bonchev–Trinajstić information content (AvgIpc) is 2.53. The molecule has 1 N–H and O–H groups in total. The van der Waals surface area contributed by atoms with Crippen LogP contribution in [0.15, 0.2) is 0 Å². The Balaban J connectivity index is 5.23. The van der Waals surface area contributed by atoms with E-state index in [2.05, 4.69) is 38.7 Å². The molecule has 0 aliphatic rings. The van der Waals surface area contributed by atoms with Crippen molar-refractivity contribution in [3.63, 3.8) is 0 Å². The fourth-order valence-electron chi connectivity index (χ4n) is 2.58. The molecule has 0 saturated heterocycles. The molecule has 0 aromatic heterocycles. The Kier molecular flexibility index (Phi) is 13.1. The highest BCUT2D eigenvalue weighted by Crippen LogP contribution is 2.22. The summed E-state index contributed by atoms with van der Waals surface area (Å²) in [6.07, 6.45) is 1.20. The largest absolute Gasteiger partial charge is 0.376 e. The van der Waals surface area contributed by atoms with Gasteiger partial charge in [-0.1, -0.05) is 20.8 Å². The molecule has 6 nitrogen and oxygen atoms in total. The van der Waals surface area contributed by atoms with Crippen molar-refractivity contribution in [1.29, 1.82) is 0 Å². The van der Waals surface area contributed by atoms with Crippen molar-refractivity contribution >= 4 is 18.5 Å². The van der Waals surface area contributed by atoms with E-state index >= 15 is 0 Å². The first-order chi connectivity index (χ1) is 13.6. The van der Waals surface area contributed by atoms with Gasteiger partial charge in [0.25, 0.3) is 0 Å². The van der Waals surface area contributed by atoms with E-state index in [-0.39, 0.29) is 55.2 Å². The van der Waals surface area contributed by atoms with E-state index in [0.717, 1.165) is 6.42 Å². The minimum absolute atomic E-state index is 0.0194. The first-order valence-corrected chi connectivity index (χ1v) is 11.6. The molecule has 0 unspecified atom stereocenters. The van der Waals surface area contributed by atoms with E-state index in [4.69, 9.17) is 18.9 Å². The second kappa shape index (κ2) is 13.3. The van der Waals surface area contributed by atoms with Gasteiger partial charge in [-0.3, -0.25) is 4.79 Å². The van der Waals surface area contributed by atoms with Crippen molar-refractivity contribution in [1.82, 2.24) is 5.32 Å². The maximum absolute atomic E-state index is 13.0. The minimum atomic E-state index is -0.801. The Labute approximate surface area is 190 Å². The molecule has 0 fully saturated rings. The van der Waals surface area contributed by atoms with Crippen LogP contribution in [0.1, 0.15) is 82.1 Å². The number of carbonyl (C=O) groups excluding carboxylic acids is 1. The van der Waals surface area contributed by atoms with E-state index in [1.54, 1.807) is 0 Å². The summed E-state index contributed by atoms with van der Waals surface area (Å²) in [5.41, 5.74) is -1.45. The van der Waals surface area contributed by atoms with Crippen LogP contribution in [-0.2, 0) is 23.7 Å². The lowest BCUT2D eigenvalue weighted by molar-refractivity contribution is -0.135. The summed E-state index contributed by atoms with van der Waals surface area (Å²) in [5, 5.41) is 3.13. The van der Waals surface area contributed by atoms with E-state index in [1.807, 2.05) is 48.5 Å². The van der Waals surface area contributed by atoms with Crippen molar-refractivity contribution in [3.05, 3.63) is 0 Å². The predicted molar refractivity (Wildman–Crippen MR) is 126 cm³/mol. The van der Waals surface area contributed by atoms with Gasteiger partial charge in [0, 0.05) is 6.61 Å². The Bertz CT molecular complexity index is 455. The van der Waals surface area contributed by atoms with Gasteiger partial charge in [0.15, 0.2) is 0 Å². The molecule has 180 valence electrons. The zero-order valence-corrected chi connectivity index (χ0v) is 21.9. The first-order valence-electron chi connectivity index (χ1n) is 11.0. The standard InChI is InChI=1S/C23H47NO5S/c1-17(2)26-14-23(15-27-18(3)4,16-28-19(5)30)24-20(25)13-22(9,10)29-12-11-21(6,7)8/h17-19,30H,11-16H2,1-10H3,(H,24,25)/t19-/m1/s1. The van der Waals surface area contributed by atoms with Gasteiger partial charge in [0.05, 0.1) is 49.5 Å². The van der Waals surface area contributed by atoms with E-state index in [1.165, 1.54) is 0 Å². The SMILES string of the molecule is CC(C)OCC(COC(C)C)(CO[C@@H](C)S)NC(=O)CC(C)(C)OCCC(C)(C)C. The molecule has 30 heavy (non-hydrogen) atoms. The third-order valence-corrected chi connectivity index (χ3v) is 4.47. The molecule has 0 bridgehead atoms. The summed E-state index contributed by atoms with van der Waals surface area (Å²) in [6.45, 7) is 21.5. The van der Waals surface area contributed by atoms with Crippen LogP contribution in [0.4, 0.5) is 0 Å². The quantitative estimate of drug-likeness (QED) is 0.282. The maximum Gasteiger partial charge on any atom is 0.223 e. The highest BCUT2D eigenvalue weighted by Gasteiger charge is 2.36. The lowest BCUT2D eigenvalue weighted by atomic mass is 9.93. The van der Waals surface area contributed by atoms with Crippen LogP contribution in [0.25, 0.3) is 0 Å². The van der Waals surface area contributed by atoms with Crippen molar-refractivity contribution < 1.29 is 23.7 Å². The van der Waals surface area contributed by atoms with Gasteiger partial charge < -0.3 is 24.3 Å². The maximum atomic E-state index is 13.0. The fourth-order valence-corrected chi connectivity index (χ4v) is 2.65. The normalized spacial score (nSPS) is 14.4. The van der Waals surface area contributed by atoms with Crippen LogP contribution in [0, 0.1) is 5.41 Å². The summed E-state index contributed by atoms with van der Waals surface area (Å²) >= 11 is 4.31. The molecule has 1 atom stereocenters. The number of rotatable bonds is 15. The molecule has 0 aromatic carbocycles. The first kappa shape index (κ1) is 29.7. The van der Waals surface area contributed by atoms with Gasteiger partial charge >= 0.3 is 0 Å². The molecular weight excluding hydrogens is 402 g/mol. The van der Waals surface area contributed by atoms with Crippen LogP contribution >= 0.6 is 12.6 Å². The monoisotopic (exact) mass is 449 g/mol. The molecule has 0 rings (SSSR count). The lowest BCUT2D eigenvalue weighted by Gasteiger charge is -2.37. The van der Waals surface area contributed by atoms with Crippen LogP contribution in [0.2, 0.25) is 0 Å². The predicted octanol–water partition coefficient (Wildman–Crippen LogP) is 4.61. The number of carbonyl (C=O) groups is 1. The van der Waals surface area contributed by atoms with E-state index in [0.29, 0.717) is 6.61 Å². The topological polar surface area (TPSA) is 66.0 Å². The Morgan fingerprint density at radius 3 is 1.73 bits per heavy atom. The zero-order chi connectivity index (χ0) is 23.6. The molecule has 0 spiro atoms. The minimum Gasteiger partial charge on any atom is -0.376 e. The summed E-state index contributed by atoms with van der Waals surface area (Å²) in [7, 11) is 0. The molecular formula is C23H47NO5S. The van der Waals surface area contributed by atoms with Crippen LogP contribution in [0.3, 0.4) is 0 Å². The fraction of sp³-hybridized carbons (Fsp3) is 0.957. The number of hydrogen-bond acceptors (Lipinski definition) is 6. The third-order valence-electron chi connectivity index (χ3n) is 4.32. The molecule has 0 heterocycles. The highest BCUT2D eigenvalue weighted by molar-refractivity contribution is 7.80. The number of amides is 1. The summed E-state index contributed by atoms with van der Waals surface area (Å²) in [4.78, 5) is 13.0. The molecule has 0 radical (unpaired) electrons. The molecule has 0 aliphatic heterocycles. The Morgan fingerprint density at radius 1 is 0.867 bits per heavy atom. The van der Waals surface area contributed by atoms with E-state index < -0.39 is 11.1 Å². The zero-order valence-electron chi connectivity index (χ0n) is 21.0. The van der Waals surface area contributed by atoms with Gasteiger partial charge in [-0.15, -0.1) is 12.6 Å². The van der Waals surface area contributed by atoms with Gasteiger partial charge in [0.2, 0.25) is 5.91 Å². The molecule has 7 heteroatoms. The smallest absolute Gasteiger partial charge is 0.223 e. The van der Waals surface area contributed by atoms with Crippen molar-refractivity contribution in [3.8, 4) is 0 Å². The number of nitrogens with one attached hydrogen (secondary N) is 1. The van der Waals surface area contributed by atoms with Crippen LogP contribution < -0.4 is 5.32 Å². The second-order valence-corrected chi connectivity index (χ2v) is 11.3. The lowest BCUT2D eigenvalue weighted by Crippen LogP contribution is -2.60. The summed E-state index contributed by atoms with van der Waals surface area (Å²) < 4.78 is 23.5. The van der Waals surface area contributed by atoms with Crippen molar-refractivity contribution in [2.24, 2.45) is 5.41 Å². The second-order valence-electron chi connectivity index (χ2n) is 10.6. The van der Waals surface area contributed by atoms with Gasteiger partial charge in [-0.2, -0.15) is 0 Å². The highest BCUT2D eigenvalue weighted by atomic mass is 32.1. The number of ether oxygens (including phenoxy) is 4. The molecule has 1 amide bonds. The Morgan fingerprint density at radius 2 is 1.33 bits per heavy atom. The van der Waals surface area contributed by atoms with Crippen molar-refractivity contribution in [2.75, 3.05) is 26.4 Å². The summed E-state index contributed by atoms with van der Waals surface area (Å²) in [5.74, 6) is -0.120. The van der Waals surface area contributed by atoms with Crippen molar-refractivity contribution in [2.45, 2.75) is 111 Å². The van der Waals surface area contributed by atoms with Gasteiger partial charge in [-0.25, -0.2) is 0 Å². The van der Waals surface area contributed by atoms with Crippen LogP contribution in [0.5, 0.6) is 0 Å². The number of thiol groups is 1. The van der Waals surface area contributed by atoms with E-state index in [9.17, 15) is 4.79 Å². The third kappa shape index (κ3) is 15.5. The van der Waals surface area contributed by atoms with Gasteiger partial charge in [0.1, 0.15) is 5.54 Å². The Hall–Kier alpha value is -0.340. The van der Waals surface area contributed by atoms with Crippen LogP contribution in [-0.4, -0.2) is 61.1 Å². The van der Waals surface area contributed by atoms with Gasteiger partial charge in [-0.05, 0) is 60.3 Å². The molecule has 0 aromatic rings. The number of hydrogen-bond donors (Lipinski definition) is 2.